The molecule has 4 bridgehead atoms. The summed E-state index contributed by atoms with van der Waals surface area (Å²) in [4.78, 5) is 67.6. The second-order valence-electron chi connectivity index (χ2n) is 16.4. The molecular weight excluding hydrogens is 1120 g/mol. The van der Waals surface area contributed by atoms with Crippen molar-refractivity contribution in [2.45, 2.75) is 0 Å². The molecule has 4 heterocycles. The van der Waals surface area contributed by atoms with Gasteiger partial charge in [0.25, 0.3) is 35.2 Å². The van der Waals surface area contributed by atoms with Crippen LogP contribution >= 0.6 is 0 Å². The molecule has 0 unspecified atom stereocenters. The van der Waals surface area contributed by atoms with Crippen LogP contribution in [-0.2, 0) is 41.2 Å². The van der Waals surface area contributed by atoms with Gasteiger partial charge in [-0.25, -0.2) is 0 Å². The van der Waals surface area contributed by atoms with E-state index in [0.717, 1.165) is 0 Å². The SMILES string of the molecule is [Na+].[Na+].[Na+].[Na+].[O-][Si]1(c2ccccc2)O[Si]2(c3ccccc3)O[Si]([O-])(c3ccccc3)O[Si](c3ccccc3)(O1)O[Si]1(c3ccccc3)O[Si]([O-])(c3ccccc3)O[Si](c3ccccc3)(O[Si]([O-])(c3ccccc3)O1)O2. The van der Waals surface area contributed by atoms with Gasteiger partial charge >= 0.3 is 153 Å². The van der Waals surface area contributed by atoms with E-state index in [1.807, 2.05) is 0 Å². The average molecular weight is 1160 g/mol. The van der Waals surface area contributed by atoms with Gasteiger partial charge in [-0.3, -0.25) is 0 Å². The number of rotatable bonds is 8. The van der Waals surface area contributed by atoms with Gasteiger partial charge in [-0.05, 0) is 20.7 Å². The fourth-order valence-electron chi connectivity index (χ4n) is 8.42. The van der Waals surface area contributed by atoms with Crippen molar-refractivity contribution in [1.82, 2.24) is 0 Å². The van der Waals surface area contributed by atoms with Crippen LogP contribution in [0.25, 0.3) is 0 Å². The first-order valence-corrected chi connectivity index (χ1v) is 36.0. The minimum Gasteiger partial charge on any atom is -0.814 e. The van der Waals surface area contributed by atoms with Crippen molar-refractivity contribution in [3.8, 4) is 0 Å². The summed E-state index contributed by atoms with van der Waals surface area (Å²) in [6, 6.07) is 65.2. The Morgan fingerprint density at radius 3 is 0.432 bits per heavy atom. The van der Waals surface area contributed by atoms with Crippen LogP contribution < -0.4 is 179 Å². The standard InChI is InChI=1S/C48H40O14Si8.4Na/c49-63(41-25-9-1-10-26-41)53-67(45-33-17-5-18-34-45)55-64(50,42-27-11-2-12-28-42)56-68(54-63,46-35-19-6-20-36-46)62-70(48-39-23-8-24-40-48)58-65(51,43-29-13-3-14-30-43)57-69(61-67,47-37-21-7-22-38-47)59-66(52,60-70)44-31-15-4-16-32-44;;;;/h1-40H;;;;/q-4;4*+1. The van der Waals surface area contributed by atoms with E-state index in [0.29, 0.717) is 0 Å². The van der Waals surface area contributed by atoms with Crippen molar-refractivity contribution < 1.29 is 179 Å². The van der Waals surface area contributed by atoms with Gasteiger partial charge in [-0.15, -0.1) is 0 Å². The molecule has 0 N–H and O–H groups in total. The second-order valence-corrected chi connectivity index (χ2v) is 38.1. The number of hydrogen-bond donors (Lipinski definition) is 0. The zero-order valence-electron chi connectivity index (χ0n) is 40.8. The molecule has 4 fully saturated rings. The van der Waals surface area contributed by atoms with Crippen molar-refractivity contribution in [1.29, 1.82) is 0 Å². The molecule has 0 aromatic heterocycles. The molecule has 8 aromatic carbocycles. The molecule has 8 aromatic rings. The van der Waals surface area contributed by atoms with Crippen molar-refractivity contribution in [2.75, 3.05) is 0 Å². The second kappa shape index (κ2) is 24.7. The van der Waals surface area contributed by atoms with Gasteiger partial charge in [0.2, 0.25) is 0 Å². The van der Waals surface area contributed by atoms with Gasteiger partial charge in [0.1, 0.15) is 0 Å². The van der Waals surface area contributed by atoms with Crippen molar-refractivity contribution in [2.24, 2.45) is 0 Å². The van der Waals surface area contributed by atoms with E-state index in [9.17, 15) is 0 Å². The van der Waals surface area contributed by atoms with E-state index < -0.39 is 70.4 Å². The first-order valence-electron chi connectivity index (χ1n) is 22.2. The molecule has 14 nitrogen and oxygen atoms in total. The van der Waals surface area contributed by atoms with E-state index >= 15 is 19.2 Å². The summed E-state index contributed by atoms with van der Waals surface area (Å²) in [7, 11) is -44.2. The summed E-state index contributed by atoms with van der Waals surface area (Å²) in [6.07, 6.45) is 0. The summed E-state index contributed by atoms with van der Waals surface area (Å²) in [6.45, 7) is 0. The molecule has 4 aliphatic rings. The Morgan fingerprint density at radius 1 is 0.176 bits per heavy atom. The molecule has 0 saturated carbocycles. The van der Waals surface area contributed by atoms with Crippen LogP contribution in [0.15, 0.2) is 243 Å². The minimum absolute atomic E-state index is 0. The summed E-state index contributed by atoms with van der Waals surface area (Å²) in [5, 5.41) is 0.405. The van der Waals surface area contributed by atoms with E-state index in [1.165, 1.54) is 0 Å². The molecule has 4 saturated heterocycles. The molecule has 0 aliphatic carbocycles. The molecule has 26 heteroatoms. The molecular formula is C48H40Na4O14Si8. The monoisotopic (exact) mass is 1160 g/mol. The number of hydrogen-bond acceptors (Lipinski definition) is 14. The van der Waals surface area contributed by atoms with Crippen molar-refractivity contribution >= 4 is 112 Å². The van der Waals surface area contributed by atoms with Gasteiger partial charge in [-0.2, -0.15) is 0 Å². The first kappa shape index (κ1) is 60.6. The smallest absolute Gasteiger partial charge is 0.814 e. The number of fused-ring (bicyclic) bond motifs is 4. The van der Waals surface area contributed by atoms with Crippen LogP contribution in [0.4, 0.5) is 0 Å². The fraction of sp³-hybridized carbons (Fsp3) is 0. The van der Waals surface area contributed by atoms with Crippen LogP contribution in [0.3, 0.4) is 0 Å². The van der Waals surface area contributed by atoms with E-state index in [2.05, 4.69) is 0 Å². The summed E-state index contributed by atoms with van der Waals surface area (Å²) >= 11 is 0. The van der Waals surface area contributed by atoms with Crippen LogP contribution in [0, 0.1) is 0 Å². The molecule has 0 amide bonds. The van der Waals surface area contributed by atoms with Gasteiger partial charge in [0, 0.05) is 20.7 Å². The summed E-state index contributed by atoms with van der Waals surface area (Å²) < 4.78 is 72.9. The van der Waals surface area contributed by atoms with Gasteiger partial charge in [0.15, 0.2) is 0 Å². The topological polar surface area (TPSA) is 185 Å². The van der Waals surface area contributed by atoms with Crippen LogP contribution in [0.2, 0.25) is 0 Å². The van der Waals surface area contributed by atoms with Gasteiger partial charge in [0.05, 0.1) is 0 Å². The van der Waals surface area contributed by atoms with Crippen LogP contribution in [0.1, 0.15) is 0 Å². The van der Waals surface area contributed by atoms with E-state index in [4.69, 9.17) is 41.2 Å². The Morgan fingerprint density at radius 2 is 0.297 bits per heavy atom. The Balaban J connectivity index is 0.00000200. The molecule has 12 rings (SSSR count). The predicted octanol–water partition coefficient (Wildman–Crippen LogP) is -13.6. The van der Waals surface area contributed by atoms with Crippen LogP contribution in [-0.4, -0.2) is 70.4 Å². The summed E-state index contributed by atoms with van der Waals surface area (Å²) in [5.74, 6) is 0. The Kier molecular flexibility index (Phi) is 20.3. The zero-order chi connectivity index (χ0) is 48.0. The van der Waals surface area contributed by atoms with Gasteiger partial charge < -0.3 is 60.3 Å². The van der Waals surface area contributed by atoms with E-state index in [1.54, 1.807) is 243 Å². The minimum atomic E-state index is -5.53. The van der Waals surface area contributed by atoms with Gasteiger partial charge in [-0.1, -0.05) is 243 Å². The third-order valence-corrected chi connectivity index (χ3v) is 41.5. The Hall–Kier alpha value is -1.06. The molecule has 0 atom stereocenters. The fourth-order valence-corrected chi connectivity index (χ4v) is 45.5. The maximum absolute atomic E-state index is 16.9. The molecule has 0 radical (unpaired) electrons. The maximum Gasteiger partial charge on any atom is 1.00 e. The van der Waals surface area contributed by atoms with E-state index in [-0.39, 0.29) is 160 Å². The normalized spacial score (nSPS) is 30.4. The van der Waals surface area contributed by atoms with Crippen molar-refractivity contribution in [3.63, 3.8) is 0 Å². The molecule has 352 valence electrons. The first-order chi connectivity index (χ1) is 33.9. The summed E-state index contributed by atoms with van der Waals surface area (Å²) in [5.41, 5.74) is 0. The van der Waals surface area contributed by atoms with Crippen LogP contribution in [0.5, 0.6) is 0 Å². The average Bonchev–Trinajstić information content (AvgIpc) is 3.40. The predicted molar refractivity (Wildman–Crippen MR) is 265 cm³/mol. The number of benzene rings is 8. The molecule has 0 spiro atoms. The Bertz CT molecular complexity index is 2630. The third kappa shape index (κ3) is 11.9. The molecule has 74 heavy (non-hydrogen) atoms. The molecule has 4 aliphatic heterocycles. The third-order valence-electron chi connectivity index (χ3n) is 11.7. The Labute approximate surface area is 526 Å². The maximum atomic E-state index is 16.9. The zero-order valence-corrected chi connectivity index (χ0v) is 56.8. The quantitative estimate of drug-likeness (QED) is 0.131. The largest absolute Gasteiger partial charge is 1.00 e. The van der Waals surface area contributed by atoms with Crippen molar-refractivity contribution in [3.05, 3.63) is 243 Å².